The molecule has 7 nitrogen and oxygen atoms in total. The summed E-state index contributed by atoms with van der Waals surface area (Å²) in [4.78, 5) is 13.4. The minimum Gasteiger partial charge on any atom is -0.508 e. The van der Waals surface area contributed by atoms with Crippen molar-refractivity contribution in [1.82, 2.24) is 25.1 Å². The molecule has 1 atom stereocenters. The molecule has 0 bridgehead atoms. The van der Waals surface area contributed by atoms with Gasteiger partial charge in [-0.3, -0.25) is 4.79 Å². The molecule has 0 aliphatic rings. The number of thioether (sulfide) groups is 1. The van der Waals surface area contributed by atoms with Crippen molar-refractivity contribution in [3.05, 3.63) is 24.3 Å². The Kier molecular flexibility index (Phi) is 4.23. The number of rotatable bonds is 4. The van der Waals surface area contributed by atoms with Gasteiger partial charge in [0.2, 0.25) is 11.1 Å². The summed E-state index contributed by atoms with van der Waals surface area (Å²) in [5.41, 5.74) is 0.722. The number of benzene rings is 1. The third kappa shape index (κ3) is 3.08. The van der Waals surface area contributed by atoms with Crippen LogP contribution in [0.15, 0.2) is 29.4 Å². The molecule has 0 fully saturated rings. The van der Waals surface area contributed by atoms with Crippen LogP contribution in [0.3, 0.4) is 0 Å². The molecule has 106 valence electrons. The molecular weight excluding hydrogens is 278 g/mol. The van der Waals surface area contributed by atoms with Crippen LogP contribution in [-0.2, 0) is 4.79 Å². The number of aromatic hydroxyl groups is 1. The highest BCUT2D eigenvalue weighted by molar-refractivity contribution is 8.00. The Hall–Kier alpha value is -2.09. The van der Waals surface area contributed by atoms with Crippen LogP contribution in [0, 0.1) is 0 Å². The van der Waals surface area contributed by atoms with Gasteiger partial charge in [0.1, 0.15) is 5.75 Å². The molecule has 1 N–H and O–H groups in total. The van der Waals surface area contributed by atoms with E-state index in [1.165, 1.54) is 21.3 Å². The second-order valence-corrected chi connectivity index (χ2v) is 5.69. The minimum atomic E-state index is -0.285. The maximum Gasteiger partial charge on any atom is 0.235 e. The molecule has 1 amide bonds. The third-order valence-corrected chi connectivity index (χ3v) is 3.63. The predicted molar refractivity (Wildman–Crippen MR) is 74.8 cm³/mol. The summed E-state index contributed by atoms with van der Waals surface area (Å²) in [6.07, 6.45) is 0. The fourth-order valence-corrected chi connectivity index (χ4v) is 2.53. The first-order chi connectivity index (χ1) is 9.49. The van der Waals surface area contributed by atoms with Gasteiger partial charge < -0.3 is 10.0 Å². The fourth-order valence-electron chi connectivity index (χ4n) is 1.58. The van der Waals surface area contributed by atoms with Gasteiger partial charge in [0.25, 0.3) is 0 Å². The number of nitrogens with zero attached hydrogens (tertiary/aromatic N) is 5. The van der Waals surface area contributed by atoms with Gasteiger partial charge in [-0.05, 0) is 41.6 Å². The largest absolute Gasteiger partial charge is 0.508 e. The van der Waals surface area contributed by atoms with E-state index in [-0.39, 0.29) is 16.9 Å². The fraction of sp³-hybridized carbons (Fsp3) is 0.333. The molecule has 2 rings (SSSR count). The number of hydrogen-bond donors (Lipinski definition) is 1. The summed E-state index contributed by atoms with van der Waals surface area (Å²) in [6.45, 7) is 1.81. The van der Waals surface area contributed by atoms with Crippen molar-refractivity contribution in [3.8, 4) is 11.4 Å². The van der Waals surface area contributed by atoms with Gasteiger partial charge in [0.15, 0.2) is 0 Å². The SMILES string of the molecule is C[C@@H](Sc1nnnn1-c1ccc(O)cc1)C(=O)N(C)C. The van der Waals surface area contributed by atoms with Crippen LogP contribution in [-0.4, -0.2) is 55.5 Å². The number of phenols is 1. The van der Waals surface area contributed by atoms with Gasteiger partial charge in [-0.15, -0.1) is 5.10 Å². The molecule has 0 aliphatic heterocycles. The summed E-state index contributed by atoms with van der Waals surface area (Å²) in [5.74, 6) is 0.169. The van der Waals surface area contributed by atoms with Crippen molar-refractivity contribution in [2.75, 3.05) is 14.1 Å². The highest BCUT2D eigenvalue weighted by atomic mass is 32.2. The Balaban J connectivity index is 2.21. The molecule has 0 saturated carbocycles. The molecule has 2 aromatic rings. The van der Waals surface area contributed by atoms with Crippen molar-refractivity contribution in [2.45, 2.75) is 17.3 Å². The molecular formula is C12H15N5O2S. The van der Waals surface area contributed by atoms with Crippen LogP contribution in [0.25, 0.3) is 5.69 Å². The zero-order chi connectivity index (χ0) is 14.7. The van der Waals surface area contributed by atoms with E-state index in [2.05, 4.69) is 15.5 Å². The second kappa shape index (κ2) is 5.91. The summed E-state index contributed by atoms with van der Waals surface area (Å²) in [7, 11) is 3.42. The molecule has 0 unspecified atom stereocenters. The van der Waals surface area contributed by atoms with Gasteiger partial charge in [-0.25, -0.2) is 0 Å². The molecule has 1 aromatic carbocycles. The Morgan fingerprint density at radius 3 is 2.60 bits per heavy atom. The number of aromatic nitrogens is 4. The zero-order valence-corrected chi connectivity index (χ0v) is 12.2. The number of amides is 1. The lowest BCUT2D eigenvalue weighted by atomic mass is 10.3. The Morgan fingerprint density at radius 1 is 1.35 bits per heavy atom. The Labute approximate surface area is 120 Å². The van der Waals surface area contributed by atoms with Gasteiger partial charge in [0.05, 0.1) is 10.9 Å². The topological polar surface area (TPSA) is 84.1 Å². The zero-order valence-electron chi connectivity index (χ0n) is 11.4. The first-order valence-electron chi connectivity index (χ1n) is 5.94. The monoisotopic (exact) mass is 293 g/mol. The highest BCUT2D eigenvalue weighted by Crippen LogP contribution is 2.24. The van der Waals surface area contributed by atoms with Crippen molar-refractivity contribution in [2.24, 2.45) is 0 Å². The summed E-state index contributed by atoms with van der Waals surface area (Å²) >= 11 is 1.29. The van der Waals surface area contributed by atoms with Crippen LogP contribution < -0.4 is 0 Å². The average Bonchev–Trinajstić information content (AvgIpc) is 2.86. The van der Waals surface area contributed by atoms with E-state index in [0.717, 1.165) is 5.69 Å². The quantitative estimate of drug-likeness (QED) is 0.844. The van der Waals surface area contributed by atoms with E-state index >= 15 is 0 Å². The average molecular weight is 293 g/mol. The lowest BCUT2D eigenvalue weighted by molar-refractivity contribution is -0.127. The smallest absolute Gasteiger partial charge is 0.235 e. The molecule has 0 saturated heterocycles. The number of carbonyl (C=O) groups is 1. The number of tetrazole rings is 1. The first-order valence-corrected chi connectivity index (χ1v) is 6.82. The minimum absolute atomic E-state index is 0.00439. The first kappa shape index (κ1) is 14.3. The highest BCUT2D eigenvalue weighted by Gasteiger charge is 2.20. The predicted octanol–water partition coefficient (Wildman–Crippen LogP) is 0.937. The maximum absolute atomic E-state index is 11.9. The van der Waals surface area contributed by atoms with E-state index in [9.17, 15) is 9.90 Å². The van der Waals surface area contributed by atoms with Crippen LogP contribution in [0.2, 0.25) is 0 Å². The van der Waals surface area contributed by atoms with Crippen molar-refractivity contribution < 1.29 is 9.90 Å². The van der Waals surface area contributed by atoms with Crippen molar-refractivity contribution >= 4 is 17.7 Å². The van der Waals surface area contributed by atoms with Crippen LogP contribution in [0.5, 0.6) is 5.75 Å². The van der Waals surface area contributed by atoms with Crippen LogP contribution in [0.1, 0.15) is 6.92 Å². The van der Waals surface area contributed by atoms with Gasteiger partial charge in [-0.1, -0.05) is 11.8 Å². The molecule has 0 radical (unpaired) electrons. The molecule has 8 heteroatoms. The summed E-state index contributed by atoms with van der Waals surface area (Å²) in [6, 6.07) is 6.52. The van der Waals surface area contributed by atoms with Crippen LogP contribution in [0.4, 0.5) is 0 Å². The van der Waals surface area contributed by atoms with Gasteiger partial charge >= 0.3 is 0 Å². The van der Waals surface area contributed by atoms with E-state index in [1.807, 2.05) is 6.92 Å². The van der Waals surface area contributed by atoms with E-state index in [1.54, 1.807) is 38.4 Å². The molecule has 0 spiro atoms. The third-order valence-electron chi connectivity index (χ3n) is 2.61. The van der Waals surface area contributed by atoms with E-state index in [4.69, 9.17) is 0 Å². The van der Waals surface area contributed by atoms with Gasteiger partial charge in [0, 0.05) is 14.1 Å². The number of carbonyl (C=O) groups excluding carboxylic acids is 1. The second-order valence-electron chi connectivity index (χ2n) is 4.38. The van der Waals surface area contributed by atoms with E-state index in [0.29, 0.717) is 5.16 Å². The lowest BCUT2D eigenvalue weighted by Crippen LogP contribution is -2.29. The molecule has 1 heterocycles. The lowest BCUT2D eigenvalue weighted by Gasteiger charge is -2.15. The summed E-state index contributed by atoms with van der Waals surface area (Å²) < 4.78 is 1.53. The Morgan fingerprint density at radius 2 is 2.00 bits per heavy atom. The summed E-state index contributed by atoms with van der Waals surface area (Å²) in [5, 5.41) is 21.0. The Bertz CT molecular complexity index is 596. The number of phenolic OH excluding ortho intramolecular Hbond substituents is 1. The molecule has 20 heavy (non-hydrogen) atoms. The number of hydrogen-bond acceptors (Lipinski definition) is 6. The standard InChI is InChI=1S/C12H15N5O2S/c1-8(11(19)16(2)3)20-12-13-14-15-17(12)9-4-6-10(18)7-5-9/h4-8,18H,1-3H3/t8-/m1/s1. The van der Waals surface area contributed by atoms with Gasteiger partial charge in [-0.2, -0.15) is 4.68 Å². The normalized spacial score (nSPS) is 12.2. The molecule has 0 aliphatic carbocycles. The molecule has 1 aromatic heterocycles. The van der Waals surface area contributed by atoms with Crippen LogP contribution >= 0.6 is 11.8 Å². The van der Waals surface area contributed by atoms with Crippen molar-refractivity contribution in [3.63, 3.8) is 0 Å². The van der Waals surface area contributed by atoms with Crippen molar-refractivity contribution in [1.29, 1.82) is 0 Å². The van der Waals surface area contributed by atoms with E-state index < -0.39 is 0 Å². The maximum atomic E-state index is 11.9.